The van der Waals surface area contributed by atoms with Gasteiger partial charge in [-0.3, -0.25) is 0 Å². The van der Waals surface area contributed by atoms with Gasteiger partial charge < -0.3 is 5.32 Å². The van der Waals surface area contributed by atoms with Crippen LogP contribution in [0.25, 0.3) is 0 Å². The van der Waals surface area contributed by atoms with Crippen molar-refractivity contribution in [1.82, 2.24) is 5.32 Å². The molecule has 0 bridgehead atoms. The van der Waals surface area contributed by atoms with Gasteiger partial charge in [0.05, 0.1) is 11.5 Å². The summed E-state index contributed by atoms with van der Waals surface area (Å²) in [7, 11) is -2.84. The normalized spacial score (nSPS) is 23.4. The van der Waals surface area contributed by atoms with Crippen LogP contribution in [0.2, 0.25) is 0 Å². The third kappa shape index (κ3) is 3.80. The molecule has 2 rings (SSSR count). The molecule has 1 N–H and O–H groups in total. The summed E-state index contributed by atoms with van der Waals surface area (Å²) in [6.07, 6.45) is 1.80. The Morgan fingerprint density at radius 3 is 2.74 bits per heavy atom. The third-order valence-electron chi connectivity index (χ3n) is 3.59. The summed E-state index contributed by atoms with van der Waals surface area (Å²) in [4.78, 5) is 0. The summed E-state index contributed by atoms with van der Waals surface area (Å²) in [5, 5.41) is 3.51. The highest BCUT2D eigenvalue weighted by Gasteiger charge is 2.34. The first-order valence-electron chi connectivity index (χ1n) is 6.71. The lowest BCUT2D eigenvalue weighted by atomic mass is 9.92. The highest BCUT2D eigenvalue weighted by atomic mass is 79.9. The molecular formula is C14H20BrNO2S. The molecule has 2 atom stereocenters. The number of rotatable bonds is 5. The second-order valence-corrected chi connectivity index (χ2v) is 8.20. The molecule has 2 unspecified atom stereocenters. The summed E-state index contributed by atoms with van der Waals surface area (Å²) in [5.74, 6) is 0.803. The minimum atomic E-state index is -2.84. The first-order chi connectivity index (χ1) is 9.03. The van der Waals surface area contributed by atoms with E-state index in [0.29, 0.717) is 11.5 Å². The minimum absolute atomic E-state index is 0.118. The van der Waals surface area contributed by atoms with Gasteiger partial charge in [-0.25, -0.2) is 8.42 Å². The van der Waals surface area contributed by atoms with Crippen molar-refractivity contribution in [3.05, 3.63) is 34.3 Å². The Morgan fingerprint density at radius 2 is 2.16 bits per heavy atom. The van der Waals surface area contributed by atoms with Crippen LogP contribution >= 0.6 is 15.9 Å². The van der Waals surface area contributed by atoms with Gasteiger partial charge in [0.2, 0.25) is 0 Å². The molecule has 5 heteroatoms. The fraction of sp³-hybridized carbons (Fsp3) is 0.571. The van der Waals surface area contributed by atoms with Crippen molar-refractivity contribution < 1.29 is 8.42 Å². The Bertz CT molecular complexity index is 530. The molecule has 106 valence electrons. The lowest BCUT2D eigenvalue weighted by Gasteiger charge is -2.25. The average molecular weight is 346 g/mol. The molecule has 3 nitrogen and oxygen atoms in total. The molecule has 19 heavy (non-hydrogen) atoms. The van der Waals surface area contributed by atoms with Gasteiger partial charge >= 0.3 is 0 Å². The maximum Gasteiger partial charge on any atom is 0.150 e. The topological polar surface area (TPSA) is 46.2 Å². The van der Waals surface area contributed by atoms with Gasteiger partial charge in [0, 0.05) is 10.5 Å². The minimum Gasteiger partial charge on any atom is -0.310 e. The Labute approximate surface area is 123 Å². The Balaban J connectivity index is 2.24. The Morgan fingerprint density at radius 1 is 1.42 bits per heavy atom. The Kier molecular flexibility index (Phi) is 5.03. The van der Waals surface area contributed by atoms with E-state index in [2.05, 4.69) is 34.2 Å². The first-order valence-corrected chi connectivity index (χ1v) is 9.33. The van der Waals surface area contributed by atoms with Crippen LogP contribution in [0.1, 0.15) is 31.4 Å². The molecule has 1 heterocycles. The molecule has 1 saturated heterocycles. The summed E-state index contributed by atoms with van der Waals surface area (Å²) in [6, 6.07) is 8.19. The number of nitrogens with one attached hydrogen (secondary N) is 1. The van der Waals surface area contributed by atoms with Crippen molar-refractivity contribution in [1.29, 1.82) is 0 Å². The van der Waals surface area contributed by atoms with E-state index in [1.165, 1.54) is 0 Å². The van der Waals surface area contributed by atoms with Crippen molar-refractivity contribution in [3.8, 4) is 0 Å². The number of hydrogen-bond acceptors (Lipinski definition) is 3. The smallest absolute Gasteiger partial charge is 0.150 e. The number of benzene rings is 1. The highest BCUT2D eigenvalue weighted by molar-refractivity contribution is 9.10. The zero-order valence-electron chi connectivity index (χ0n) is 11.1. The summed E-state index contributed by atoms with van der Waals surface area (Å²) in [5.41, 5.74) is 1.16. The monoisotopic (exact) mass is 345 g/mol. The second-order valence-electron chi connectivity index (χ2n) is 5.12. The van der Waals surface area contributed by atoms with Crippen molar-refractivity contribution in [2.75, 3.05) is 18.1 Å². The molecule has 1 aromatic rings. The summed E-state index contributed by atoms with van der Waals surface area (Å²) < 4.78 is 24.4. The van der Waals surface area contributed by atoms with Gasteiger partial charge in [-0.15, -0.1) is 0 Å². The van der Waals surface area contributed by atoms with E-state index in [1.54, 1.807) is 0 Å². The maximum atomic E-state index is 11.7. The van der Waals surface area contributed by atoms with Crippen LogP contribution in [-0.4, -0.2) is 26.5 Å². The van der Waals surface area contributed by atoms with Gasteiger partial charge in [0.25, 0.3) is 0 Å². The molecule has 1 aromatic carbocycles. The molecule has 1 aliphatic rings. The maximum absolute atomic E-state index is 11.7. The predicted octanol–water partition coefficient (Wildman–Crippen LogP) is 2.92. The fourth-order valence-electron chi connectivity index (χ4n) is 2.64. The van der Waals surface area contributed by atoms with Crippen LogP contribution in [-0.2, 0) is 9.84 Å². The second kappa shape index (κ2) is 6.37. The molecule has 0 saturated carbocycles. The van der Waals surface area contributed by atoms with Crippen molar-refractivity contribution in [2.24, 2.45) is 5.92 Å². The van der Waals surface area contributed by atoms with Crippen LogP contribution in [0.4, 0.5) is 0 Å². The standard InChI is InChI=1S/C14H20BrNO2S/c1-2-8-16-14(11-7-9-19(17,18)10-11)12-5-3-4-6-13(12)15/h3-6,11,14,16H,2,7-10H2,1H3. The fourth-order valence-corrected chi connectivity index (χ4v) is 5.02. The van der Waals surface area contributed by atoms with Crippen LogP contribution in [0, 0.1) is 5.92 Å². The third-order valence-corrected chi connectivity index (χ3v) is 6.11. The van der Waals surface area contributed by atoms with Crippen molar-refractivity contribution in [3.63, 3.8) is 0 Å². The van der Waals surface area contributed by atoms with Crippen LogP contribution in [0.3, 0.4) is 0 Å². The van der Waals surface area contributed by atoms with Gasteiger partial charge in [-0.2, -0.15) is 0 Å². The van der Waals surface area contributed by atoms with Crippen molar-refractivity contribution in [2.45, 2.75) is 25.8 Å². The van der Waals surface area contributed by atoms with Gasteiger partial charge in [0.1, 0.15) is 0 Å². The van der Waals surface area contributed by atoms with Crippen LogP contribution in [0.15, 0.2) is 28.7 Å². The largest absolute Gasteiger partial charge is 0.310 e. The zero-order chi connectivity index (χ0) is 13.9. The van der Waals surface area contributed by atoms with Gasteiger partial charge in [0.15, 0.2) is 9.84 Å². The average Bonchev–Trinajstić information content (AvgIpc) is 2.72. The lowest BCUT2D eigenvalue weighted by molar-refractivity contribution is 0.391. The molecule has 1 fully saturated rings. The molecule has 0 radical (unpaired) electrons. The van der Waals surface area contributed by atoms with E-state index in [1.807, 2.05) is 18.2 Å². The summed E-state index contributed by atoms with van der Waals surface area (Å²) >= 11 is 3.58. The predicted molar refractivity (Wildman–Crippen MR) is 81.9 cm³/mol. The zero-order valence-corrected chi connectivity index (χ0v) is 13.5. The van der Waals surface area contributed by atoms with E-state index in [4.69, 9.17) is 0 Å². The summed E-state index contributed by atoms with van der Waals surface area (Å²) in [6.45, 7) is 3.03. The molecule has 1 aliphatic heterocycles. The quantitative estimate of drug-likeness (QED) is 0.892. The molecular weight excluding hydrogens is 326 g/mol. The van der Waals surface area contributed by atoms with E-state index < -0.39 is 9.84 Å². The molecule has 0 amide bonds. The van der Waals surface area contributed by atoms with Gasteiger partial charge in [-0.1, -0.05) is 41.1 Å². The highest BCUT2D eigenvalue weighted by Crippen LogP contribution is 2.34. The first kappa shape index (κ1) is 15.0. The van der Waals surface area contributed by atoms with Crippen LogP contribution in [0.5, 0.6) is 0 Å². The number of sulfone groups is 1. The van der Waals surface area contributed by atoms with E-state index in [-0.39, 0.29) is 12.0 Å². The lowest BCUT2D eigenvalue weighted by Crippen LogP contribution is -2.30. The van der Waals surface area contributed by atoms with E-state index in [9.17, 15) is 8.42 Å². The van der Waals surface area contributed by atoms with E-state index in [0.717, 1.165) is 29.4 Å². The molecule has 0 spiro atoms. The van der Waals surface area contributed by atoms with Crippen LogP contribution < -0.4 is 5.32 Å². The number of halogens is 1. The molecule has 0 aliphatic carbocycles. The van der Waals surface area contributed by atoms with Crippen molar-refractivity contribution >= 4 is 25.8 Å². The Hall–Kier alpha value is -0.390. The molecule has 0 aromatic heterocycles. The van der Waals surface area contributed by atoms with E-state index >= 15 is 0 Å². The van der Waals surface area contributed by atoms with Gasteiger partial charge in [-0.05, 0) is 36.9 Å². The SMILES string of the molecule is CCCNC(c1ccccc1Br)C1CCS(=O)(=O)C1. The number of hydrogen-bond donors (Lipinski definition) is 1.